The van der Waals surface area contributed by atoms with E-state index in [9.17, 15) is 4.79 Å². The van der Waals surface area contributed by atoms with Gasteiger partial charge < -0.3 is 15.4 Å². The summed E-state index contributed by atoms with van der Waals surface area (Å²) in [5, 5.41) is 6.16. The van der Waals surface area contributed by atoms with Crippen molar-refractivity contribution >= 4 is 17.3 Å². The summed E-state index contributed by atoms with van der Waals surface area (Å²) < 4.78 is 5.95. The molecule has 3 aromatic carbocycles. The van der Waals surface area contributed by atoms with Crippen molar-refractivity contribution in [1.29, 1.82) is 0 Å². The van der Waals surface area contributed by atoms with E-state index in [0.29, 0.717) is 6.61 Å². The molecule has 0 atom stereocenters. The number of para-hydroxylation sites is 2. The molecular formula is C25H28N2O2. The number of ether oxygens (including phenoxy) is 1. The van der Waals surface area contributed by atoms with E-state index < -0.39 is 0 Å². The molecule has 0 aromatic heterocycles. The Labute approximate surface area is 172 Å². The first-order chi connectivity index (χ1) is 14.1. The minimum Gasteiger partial charge on any atom is -0.491 e. The molecule has 4 heteroatoms. The Bertz CT molecular complexity index is 939. The average Bonchev–Trinajstić information content (AvgIpc) is 2.74. The van der Waals surface area contributed by atoms with Gasteiger partial charge in [0, 0.05) is 5.69 Å². The number of aryl methyl sites for hydroxylation is 3. The number of carbonyl (C=O) groups excluding carboxylic acids is 1. The van der Waals surface area contributed by atoms with Crippen LogP contribution in [0.25, 0.3) is 0 Å². The van der Waals surface area contributed by atoms with Crippen molar-refractivity contribution < 1.29 is 9.53 Å². The Morgan fingerprint density at radius 2 is 1.66 bits per heavy atom. The normalized spacial score (nSPS) is 10.4. The van der Waals surface area contributed by atoms with E-state index in [1.165, 1.54) is 5.56 Å². The lowest BCUT2D eigenvalue weighted by molar-refractivity contribution is -0.114. The molecule has 0 aliphatic heterocycles. The smallest absolute Gasteiger partial charge is 0.243 e. The van der Waals surface area contributed by atoms with E-state index in [4.69, 9.17) is 4.74 Å². The van der Waals surface area contributed by atoms with Crippen LogP contribution in [0.2, 0.25) is 0 Å². The van der Waals surface area contributed by atoms with E-state index in [0.717, 1.165) is 41.1 Å². The first-order valence-corrected chi connectivity index (χ1v) is 9.98. The highest BCUT2D eigenvalue weighted by molar-refractivity contribution is 5.94. The number of hydrogen-bond donors (Lipinski definition) is 2. The molecule has 0 saturated heterocycles. The molecule has 0 radical (unpaired) electrons. The number of amides is 1. The van der Waals surface area contributed by atoms with Crippen LogP contribution in [0.1, 0.15) is 23.1 Å². The summed E-state index contributed by atoms with van der Waals surface area (Å²) in [4.78, 5) is 12.4. The van der Waals surface area contributed by atoms with Crippen molar-refractivity contribution in [2.45, 2.75) is 26.7 Å². The second-order valence-corrected chi connectivity index (χ2v) is 7.15. The Kier molecular flexibility index (Phi) is 7.28. The van der Waals surface area contributed by atoms with Crippen molar-refractivity contribution in [3.8, 4) is 5.75 Å². The van der Waals surface area contributed by atoms with Gasteiger partial charge in [0.05, 0.1) is 18.8 Å². The maximum atomic E-state index is 12.4. The fourth-order valence-electron chi connectivity index (χ4n) is 3.08. The molecule has 3 aromatic rings. The molecule has 0 unspecified atom stereocenters. The lowest BCUT2D eigenvalue weighted by Gasteiger charge is -2.14. The molecule has 1 amide bonds. The summed E-state index contributed by atoms with van der Waals surface area (Å²) in [6.45, 7) is 4.81. The lowest BCUT2D eigenvalue weighted by atomic mass is 10.1. The van der Waals surface area contributed by atoms with Crippen LogP contribution in [0.3, 0.4) is 0 Å². The minimum absolute atomic E-state index is 0.0856. The highest BCUT2D eigenvalue weighted by Gasteiger charge is 2.08. The first kappa shape index (κ1) is 20.5. The SMILES string of the molecule is Cc1ccc(C)c(NC(=O)CNc2ccccc2OCCCc2ccccc2)c1. The van der Waals surface area contributed by atoms with E-state index in [1.54, 1.807) is 0 Å². The van der Waals surface area contributed by atoms with Gasteiger partial charge in [-0.15, -0.1) is 0 Å². The molecule has 4 nitrogen and oxygen atoms in total. The van der Waals surface area contributed by atoms with Gasteiger partial charge in [0.15, 0.2) is 0 Å². The molecule has 0 aliphatic carbocycles. The second-order valence-electron chi connectivity index (χ2n) is 7.15. The van der Waals surface area contributed by atoms with Gasteiger partial charge in [0.1, 0.15) is 5.75 Å². The van der Waals surface area contributed by atoms with Crippen LogP contribution in [0.15, 0.2) is 72.8 Å². The maximum Gasteiger partial charge on any atom is 0.243 e. The molecular weight excluding hydrogens is 360 g/mol. The summed E-state index contributed by atoms with van der Waals surface area (Å²) in [6.07, 6.45) is 1.92. The van der Waals surface area contributed by atoms with Gasteiger partial charge in [0.25, 0.3) is 0 Å². The number of hydrogen-bond acceptors (Lipinski definition) is 3. The Morgan fingerprint density at radius 1 is 0.897 bits per heavy atom. The van der Waals surface area contributed by atoms with Crippen molar-refractivity contribution in [1.82, 2.24) is 0 Å². The molecule has 2 N–H and O–H groups in total. The van der Waals surface area contributed by atoms with Gasteiger partial charge in [-0.2, -0.15) is 0 Å². The summed E-state index contributed by atoms with van der Waals surface area (Å²) in [5.41, 5.74) is 5.15. The zero-order valence-corrected chi connectivity index (χ0v) is 17.1. The maximum absolute atomic E-state index is 12.4. The molecule has 0 bridgehead atoms. The Balaban J connectivity index is 1.49. The Hall–Kier alpha value is -3.27. The van der Waals surface area contributed by atoms with Gasteiger partial charge in [-0.1, -0.05) is 54.6 Å². The third-order valence-corrected chi connectivity index (χ3v) is 4.70. The predicted octanol–water partition coefficient (Wildman–Crippen LogP) is 5.37. The number of nitrogens with one attached hydrogen (secondary N) is 2. The fraction of sp³-hybridized carbons (Fsp3) is 0.240. The minimum atomic E-state index is -0.0856. The predicted molar refractivity (Wildman–Crippen MR) is 120 cm³/mol. The summed E-state index contributed by atoms with van der Waals surface area (Å²) in [7, 11) is 0. The van der Waals surface area contributed by atoms with Crippen LogP contribution in [-0.2, 0) is 11.2 Å². The summed E-state index contributed by atoms with van der Waals surface area (Å²) in [6, 6.07) is 24.1. The van der Waals surface area contributed by atoms with E-state index in [2.05, 4.69) is 34.9 Å². The molecule has 3 rings (SSSR count). The van der Waals surface area contributed by atoms with Crippen LogP contribution >= 0.6 is 0 Å². The van der Waals surface area contributed by atoms with Crippen LogP contribution < -0.4 is 15.4 Å². The summed E-state index contributed by atoms with van der Waals surface area (Å²) in [5.74, 6) is 0.678. The second kappa shape index (κ2) is 10.3. The van der Waals surface area contributed by atoms with Crippen molar-refractivity contribution in [2.24, 2.45) is 0 Å². The lowest BCUT2D eigenvalue weighted by Crippen LogP contribution is -2.22. The fourth-order valence-corrected chi connectivity index (χ4v) is 3.08. The molecule has 0 heterocycles. The molecule has 150 valence electrons. The zero-order chi connectivity index (χ0) is 20.5. The summed E-state index contributed by atoms with van der Waals surface area (Å²) >= 11 is 0. The van der Waals surface area contributed by atoms with E-state index in [-0.39, 0.29) is 12.5 Å². The number of anilines is 2. The first-order valence-electron chi connectivity index (χ1n) is 9.98. The molecule has 0 fully saturated rings. The molecule has 29 heavy (non-hydrogen) atoms. The highest BCUT2D eigenvalue weighted by atomic mass is 16.5. The zero-order valence-electron chi connectivity index (χ0n) is 17.1. The number of carbonyl (C=O) groups is 1. The molecule has 0 aliphatic rings. The topological polar surface area (TPSA) is 50.4 Å². The van der Waals surface area contributed by atoms with Gasteiger partial charge in [-0.25, -0.2) is 0 Å². The van der Waals surface area contributed by atoms with Gasteiger partial charge >= 0.3 is 0 Å². The molecule has 0 spiro atoms. The van der Waals surface area contributed by atoms with Crippen LogP contribution in [0.4, 0.5) is 11.4 Å². The molecule has 0 saturated carbocycles. The van der Waals surface area contributed by atoms with Crippen LogP contribution in [0, 0.1) is 13.8 Å². The monoisotopic (exact) mass is 388 g/mol. The van der Waals surface area contributed by atoms with Crippen LogP contribution in [-0.4, -0.2) is 19.1 Å². The van der Waals surface area contributed by atoms with Gasteiger partial charge in [-0.05, 0) is 61.6 Å². The third-order valence-electron chi connectivity index (χ3n) is 4.70. The van der Waals surface area contributed by atoms with E-state index >= 15 is 0 Å². The quantitative estimate of drug-likeness (QED) is 0.485. The Morgan fingerprint density at radius 3 is 2.48 bits per heavy atom. The van der Waals surface area contributed by atoms with Crippen molar-refractivity contribution in [3.05, 3.63) is 89.5 Å². The van der Waals surface area contributed by atoms with E-state index in [1.807, 2.05) is 62.4 Å². The van der Waals surface area contributed by atoms with Gasteiger partial charge in [-0.3, -0.25) is 4.79 Å². The van der Waals surface area contributed by atoms with Crippen LogP contribution in [0.5, 0.6) is 5.75 Å². The number of benzene rings is 3. The third kappa shape index (κ3) is 6.39. The number of rotatable bonds is 9. The van der Waals surface area contributed by atoms with Gasteiger partial charge in [0.2, 0.25) is 5.91 Å². The highest BCUT2D eigenvalue weighted by Crippen LogP contribution is 2.24. The van der Waals surface area contributed by atoms with Crippen molar-refractivity contribution in [2.75, 3.05) is 23.8 Å². The van der Waals surface area contributed by atoms with Crippen molar-refractivity contribution in [3.63, 3.8) is 0 Å². The standard InChI is InChI=1S/C25H28N2O2/c1-19-14-15-20(2)23(17-19)27-25(28)18-26-22-12-6-7-13-24(22)29-16-8-11-21-9-4-3-5-10-21/h3-7,9-10,12-15,17,26H,8,11,16,18H2,1-2H3,(H,27,28). The average molecular weight is 389 g/mol. The largest absolute Gasteiger partial charge is 0.491 e.